The summed E-state index contributed by atoms with van der Waals surface area (Å²) in [5, 5.41) is 20.9. The first-order valence-electron chi connectivity index (χ1n) is 6.68. The first kappa shape index (κ1) is 15.2. The van der Waals surface area contributed by atoms with Gasteiger partial charge in [-0.2, -0.15) is 0 Å². The van der Waals surface area contributed by atoms with Crippen LogP contribution in [-0.4, -0.2) is 20.6 Å². The van der Waals surface area contributed by atoms with Gasteiger partial charge in [-0.3, -0.25) is 10.1 Å². The van der Waals surface area contributed by atoms with E-state index in [0.29, 0.717) is 16.6 Å². The van der Waals surface area contributed by atoms with Gasteiger partial charge >= 0.3 is 5.97 Å². The molecule has 7 heteroatoms. The minimum Gasteiger partial charge on any atom is -0.478 e. The van der Waals surface area contributed by atoms with Crippen LogP contribution in [0.1, 0.15) is 15.9 Å². The molecule has 0 aliphatic heterocycles. The van der Waals surface area contributed by atoms with E-state index >= 15 is 0 Å². The summed E-state index contributed by atoms with van der Waals surface area (Å²) >= 11 is 3.34. The van der Waals surface area contributed by atoms with Crippen LogP contribution in [0, 0.1) is 17.0 Å². The van der Waals surface area contributed by atoms with Crippen molar-refractivity contribution in [3.63, 3.8) is 0 Å². The average molecular weight is 375 g/mol. The third-order valence-corrected chi connectivity index (χ3v) is 4.14. The maximum Gasteiger partial charge on any atom is 0.337 e. The Morgan fingerprint density at radius 2 is 2.00 bits per heavy atom. The van der Waals surface area contributed by atoms with Crippen molar-refractivity contribution in [2.24, 2.45) is 0 Å². The fourth-order valence-electron chi connectivity index (χ4n) is 2.60. The van der Waals surface area contributed by atoms with Gasteiger partial charge in [0.1, 0.15) is 0 Å². The molecule has 3 rings (SSSR count). The predicted molar refractivity (Wildman–Crippen MR) is 89.3 cm³/mol. The molecule has 1 N–H and O–H groups in total. The monoisotopic (exact) mass is 374 g/mol. The third kappa shape index (κ3) is 2.59. The highest BCUT2D eigenvalue weighted by molar-refractivity contribution is 9.10. The molecule has 0 amide bonds. The zero-order valence-electron chi connectivity index (χ0n) is 12.0. The van der Waals surface area contributed by atoms with Crippen LogP contribution in [0.2, 0.25) is 0 Å². The van der Waals surface area contributed by atoms with E-state index < -0.39 is 10.9 Å². The summed E-state index contributed by atoms with van der Waals surface area (Å²) < 4.78 is 2.52. The Bertz CT molecular complexity index is 962. The zero-order valence-corrected chi connectivity index (χ0v) is 13.6. The van der Waals surface area contributed by atoms with Crippen LogP contribution in [0.5, 0.6) is 0 Å². The van der Waals surface area contributed by atoms with E-state index in [1.54, 1.807) is 23.6 Å². The van der Waals surface area contributed by atoms with Crippen molar-refractivity contribution in [3.8, 4) is 5.69 Å². The Morgan fingerprint density at radius 1 is 1.26 bits per heavy atom. The van der Waals surface area contributed by atoms with Crippen molar-refractivity contribution in [1.29, 1.82) is 0 Å². The summed E-state index contributed by atoms with van der Waals surface area (Å²) in [5.41, 5.74) is 2.30. The highest BCUT2D eigenvalue weighted by Gasteiger charge is 2.17. The number of aromatic nitrogens is 1. The number of hydrogen-bond acceptors (Lipinski definition) is 3. The normalized spacial score (nSPS) is 10.9. The number of nitro groups is 1. The summed E-state index contributed by atoms with van der Waals surface area (Å²) in [6, 6.07) is 9.89. The summed E-state index contributed by atoms with van der Waals surface area (Å²) in [7, 11) is 0. The molecule has 0 radical (unpaired) electrons. The number of hydrogen-bond donors (Lipinski definition) is 1. The van der Waals surface area contributed by atoms with Crippen LogP contribution in [-0.2, 0) is 0 Å². The molecule has 0 unspecified atom stereocenters. The van der Waals surface area contributed by atoms with Crippen molar-refractivity contribution in [3.05, 3.63) is 68.3 Å². The highest BCUT2D eigenvalue weighted by Crippen LogP contribution is 2.30. The lowest BCUT2D eigenvalue weighted by molar-refractivity contribution is -0.384. The Morgan fingerprint density at radius 3 is 2.61 bits per heavy atom. The molecule has 2 aromatic carbocycles. The number of aryl methyl sites for hydroxylation is 1. The van der Waals surface area contributed by atoms with Crippen molar-refractivity contribution < 1.29 is 14.8 Å². The van der Waals surface area contributed by atoms with Crippen LogP contribution in [0.3, 0.4) is 0 Å². The fraction of sp³-hybridized carbons (Fsp3) is 0.0625. The SMILES string of the molecule is Cc1cc([N+](=O)[O-])ccc1-n1cc(C(=O)O)c2cc(Br)ccc21. The number of non-ortho nitro benzene ring substituents is 1. The first-order valence-corrected chi connectivity index (χ1v) is 7.47. The van der Waals surface area contributed by atoms with Crippen molar-refractivity contribution in [2.45, 2.75) is 6.92 Å². The molecular formula is C16H11BrN2O4. The summed E-state index contributed by atoms with van der Waals surface area (Å²) in [5.74, 6) is -1.02. The van der Waals surface area contributed by atoms with Crippen molar-refractivity contribution in [2.75, 3.05) is 0 Å². The van der Waals surface area contributed by atoms with E-state index in [9.17, 15) is 20.0 Å². The first-order chi connectivity index (χ1) is 10.9. The van der Waals surface area contributed by atoms with Crippen LogP contribution >= 0.6 is 15.9 Å². The number of fused-ring (bicyclic) bond motifs is 1. The Kier molecular flexibility index (Phi) is 3.65. The molecule has 0 atom stereocenters. The smallest absolute Gasteiger partial charge is 0.337 e. The number of carbonyl (C=O) groups is 1. The lowest BCUT2D eigenvalue weighted by atomic mass is 10.1. The fourth-order valence-corrected chi connectivity index (χ4v) is 2.96. The molecule has 1 aromatic heterocycles. The number of nitrogens with zero attached hydrogens (tertiary/aromatic N) is 2. The summed E-state index contributed by atoms with van der Waals surface area (Å²) in [6.07, 6.45) is 1.54. The maximum absolute atomic E-state index is 11.5. The molecule has 0 aliphatic rings. The van der Waals surface area contributed by atoms with Crippen LogP contribution < -0.4 is 0 Å². The third-order valence-electron chi connectivity index (χ3n) is 3.65. The molecule has 0 saturated carbocycles. The number of carboxylic acid groups (broad SMARTS) is 1. The molecule has 0 bridgehead atoms. The van der Waals surface area contributed by atoms with Gasteiger partial charge in [0, 0.05) is 33.9 Å². The quantitative estimate of drug-likeness (QED) is 0.546. The van der Waals surface area contributed by atoms with Gasteiger partial charge in [-0.05, 0) is 36.8 Å². The molecule has 0 spiro atoms. The van der Waals surface area contributed by atoms with Gasteiger partial charge in [0.2, 0.25) is 0 Å². The van der Waals surface area contributed by atoms with Gasteiger partial charge in [-0.15, -0.1) is 0 Å². The number of benzene rings is 2. The minimum absolute atomic E-state index is 0.00362. The maximum atomic E-state index is 11.5. The number of rotatable bonds is 3. The minimum atomic E-state index is -1.02. The standard InChI is InChI=1S/C16H11BrN2O4/c1-9-6-11(19(22)23)3-5-14(9)18-8-13(16(20)21)12-7-10(17)2-4-15(12)18/h2-8H,1H3,(H,20,21). The second-order valence-electron chi connectivity index (χ2n) is 5.11. The van der Waals surface area contributed by atoms with Crippen LogP contribution in [0.15, 0.2) is 47.1 Å². The van der Waals surface area contributed by atoms with Gasteiger partial charge in [-0.25, -0.2) is 4.79 Å². The molecule has 116 valence electrons. The Hall–Kier alpha value is -2.67. The zero-order chi connectivity index (χ0) is 16.7. The second-order valence-corrected chi connectivity index (χ2v) is 6.02. The number of carboxylic acids is 1. The van der Waals surface area contributed by atoms with E-state index in [4.69, 9.17) is 0 Å². The van der Waals surface area contributed by atoms with Crippen LogP contribution in [0.4, 0.5) is 5.69 Å². The molecule has 6 nitrogen and oxygen atoms in total. The van der Waals surface area contributed by atoms with Crippen LogP contribution in [0.25, 0.3) is 16.6 Å². The van der Waals surface area contributed by atoms with E-state index in [1.807, 2.05) is 12.1 Å². The van der Waals surface area contributed by atoms with Gasteiger partial charge in [0.15, 0.2) is 0 Å². The largest absolute Gasteiger partial charge is 0.478 e. The van der Waals surface area contributed by atoms with Crippen molar-refractivity contribution in [1.82, 2.24) is 4.57 Å². The van der Waals surface area contributed by atoms with Gasteiger partial charge in [0.25, 0.3) is 5.69 Å². The average Bonchev–Trinajstić information content (AvgIpc) is 2.85. The Balaban J connectivity index is 2.28. The van der Waals surface area contributed by atoms with E-state index in [2.05, 4.69) is 15.9 Å². The molecule has 1 heterocycles. The molecule has 0 aliphatic carbocycles. The van der Waals surface area contributed by atoms with Gasteiger partial charge < -0.3 is 9.67 Å². The van der Waals surface area contributed by atoms with Gasteiger partial charge in [-0.1, -0.05) is 15.9 Å². The summed E-state index contributed by atoms with van der Waals surface area (Å²) in [4.78, 5) is 21.9. The number of halogens is 1. The van der Waals surface area contributed by atoms with E-state index in [1.165, 1.54) is 18.3 Å². The summed E-state index contributed by atoms with van der Waals surface area (Å²) in [6.45, 7) is 1.76. The molecular weight excluding hydrogens is 364 g/mol. The number of nitro benzene ring substituents is 1. The van der Waals surface area contributed by atoms with E-state index in [0.717, 1.165) is 9.99 Å². The van der Waals surface area contributed by atoms with Gasteiger partial charge in [0.05, 0.1) is 16.0 Å². The molecule has 3 aromatic rings. The lowest BCUT2D eigenvalue weighted by Crippen LogP contribution is -1.98. The van der Waals surface area contributed by atoms with E-state index in [-0.39, 0.29) is 11.3 Å². The Labute approximate surface area is 139 Å². The second kappa shape index (κ2) is 5.51. The lowest BCUT2D eigenvalue weighted by Gasteiger charge is -2.09. The molecule has 0 saturated heterocycles. The van der Waals surface area contributed by atoms with Crippen molar-refractivity contribution >= 4 is 38.5 Å². The molecule has 0 fully saturated rings. The highest BCUT2D eigenvalue weighted by atomic mass is 79.9. The topological polar surface area (TPSA) is 85.4 Å². The molecule has 23 heavy (non-hydrogen) atoms. The predicted octanol–water partition coefficient (Wildman–Crippen LogP) is 4.31. The number of aromatic carboxylic acids is 1.